The van der Waals surface area contributed by atoms with E-state index < -0.39 is 0 Å². The van der Waals surface area contributed by atoms with Crippen molar-refractivity contribution in [3.05, 3.63) is 23.8 Å². The second-order valence-corrected chi connectivity index (χ2v) is 6.80. The first-order valence-corrected chi connectivity index (χ1v) is 8.66. The van der Waals surface area contributed by atoms with Crippen LogP contribution in [-0.2, 0) is 4.74 Å². The van der Waals surface area contributed by atoms with Crippen molar-refractivity contribution in [2.75, 3.05) is 36.9 Å². The highest BCUT2D eigenvalue weighted by Crippen LogP contribution is 2.25. The van der Waals surface area contributed by atoms with Crippen LogP contribution in [0.15, 0.2) is 18.2 Å². The van der Waals surface area contributed by atoms with Crippen molar-refractivity contribution < 1.29 is 9.53 Å². The summed E-state index contributed by atoms with van der Waals surface area (Å²) >= 11 is 0. The molecule has 1 saturated carbocycles. The number of nitrogens with one attached hydrogen (secondary N) is 1. The first-order chi connectivity index (χ1) is 11.1. The van der Waals surface area contributed by atoms with Gasteiger partial charge in [-0.1, -0.05) is 6.92 Å². The summed E-state index contributed by atoms with van der Waals surface area (Å²) in [6.07, 6.45) is 4.51. The second-order valence-electron chi connectivity index (χ2n) is 6.80. The molecule has 2 aliphatic rings. The Morgan fingerprint density at radius 3 is 2.61 bits per heavy atom. The Morgan fingerprint density at radius 1 is 1.22 bits per heavy atom. The van der Waals surface area contributed by atoms with Gasteiger partial charge in [0.15, 0.2) is 0 Å². The van der Waals surface area contributed by atoms with Gasteiger partial charge in [-0.2, -0.15) is 0 Å². The van der Waals surface area contributed by atoms with E-state index in [9.17, 15) is 4.79 Å². The van der Waals surface area contributed by atoms with E-state index in [1.807, 2.05) is 18.2 Å². The molecule has 5 heteroatoms. The van der Waals surface area contributed by atoms with Gasteiger partial charge in [0.2, 0.25) is 0 Å². The van der Waals surface area contributed by atoms with Crippen LogP contribution in [0.2, 0.25) is 0 Å². The number of benzene rings is 1. The summed E-state index contributed by atoms with van der Waals surface area (Å²) in [5.74, 6) is 0.732. The molecule has 126 valence electrons. The first-order valence-electron chi connectivity index (χ1n) is 8.66. The Labute approximate surface area is 138 Å². The van der Waals surface area contributed by atoms with Gasteiger partial charge in [0.25, 0.3) is 5.91 Å². The van der Waals surface area contributed by atoms with Crippen LogP contribution < -0.4 is 16.0 Å². The maximum atomic E-state index is 12.6. The fourth-order valence-corrected chi connectivity index (χ4v) is 3.43. The van der Waals surface area contributed by atoms with Crippen LogP contribution in [0, 0.1) is 5.92 Å². The number of hydrogen-bond acceptors (Lipinski definition) is 4. The summed E-state index contributed by atoms with van der Waals surface area (Å²) in [4.78, 5) is 14.9. The summed E-state index contributed by atoms with van der Waals surface area (Å²) in [5.41, 5.74) is 8.22. The summed E-state index contributed by atoms with van der Waals surface area (Å²) in [5, 5.41) is 3.16. The van der Waals surface area contributed by atoms with E-state index in [-0.39, 0.29) is 11.9 Å². The van der Waals surface area contributed by atoms with Crippen molar-refractivity contribution in [3.63, 3.8) is 0 Å². The third kappa shape index (κ3) is 3.96. The Balaban J connectivity index is 1.69. The Morgan fingerprint density at radius 2 is 1.91 bits per heavy atom. The molecule has 0 unspecified atom stereocenters. The third-order valence-electron chi connectivity index (χ3n) is 5.01. The standard InChI is InChI=1S/C18H27N3O2/c1-13-2-4-14(5-3-13)20-18(22)16-12-15(6-7-17(16)19)21-8-10-23-11-9-21/h6-7,12-14H,2-5,8-11,19H2,1H3,(H,20,22). The zero-order chi connectivity index (χ0) is 16.2. The monoisotopic (exact) mass is 317 g/mol. The summed E-state index contributed by atoms with van der Waals surface area (Å²) in [6, 6.07) is 6.02. The van der Waals surface area contributed by atoms with Crippen molar-refractivity contribution in [3.8, 4) is 0 Å². The summed E-state index contributed by atoms with van der Waals surface area (Å²) in [7, 11) is 0. The van der Waals surface area contributed by atoms with Crippen LogP contribution in [0.4, 0.5) is 11.4 Å². The van der Waals surface area contributed by atoms with Gasteiger partial charge in [-0.25, -0.2) is 0 Å². The molecule has 0 atom stereocenters. The molecule has 1 saturated heterocycles. The molecule has 1 aliphatic heterocycles. The minimum Gasteiger partial charge on any atom is -0.398 e. The quantitative estimate of drug-likeness (QED) is 0.840. The van der Waals surface area contributed by atoms with Crippen LogP contribution in [0.1, 0.15) is 43.0 Å². The number of nitrogens with two attached hydrogens (primary N) is 1. The number of nitrogen functional groups attached to an aromatic ring is 1. The second kappa shape index (κ2) is 7.21. The number of amides is 1. The van der Waals surface area contributed by atoms with Crippen molar-refractivity contribution in [2.45, 2.75) is 38.6 Å². The number of carbonyl (C=O) groups is 1. The zero-order valence-corrected chi connectivity index (χ0v) is 13.9. The van der Waals surface area contributed by atoms with E-state index in [0.29, 0.717) is 11.3 Å². The highest BCUT2D eigenvalue weighted by Gasteiger charge is 2.22. The minimum absolute atomic E-state index is 0.0443. The molecule has 3 N–H and O–H groups in total. The van der Waals surface area contributed by atoms with Gasteiger partial charge < -0.3 is 20.7 Å². The fourth-order valence-electron chi connectivity index (χ4n) is 3.43. The van der Waals surface area contributed by atoms with Gasteiger partial charge >= 0.3 is 0 Å². The minimum atomic E-state index is -0.0443. The molecule has 3 rings (SSSR count). The van der Waals surface area contributed by atoms with E-state index in [0.717, 1.165) is 50.8 Å². The number of rotatable bonds is 3. The molecule has 0 aromatic heterocycles. The lowest BCUT2D eigenvalue weighted by molar-refractivity contribution is 0.0924. The predicted molar refractivity (Wildman–Crippen MR) is 92.8 cm³/mol. The smallest absolute Gasteiger partial charge is 0.253 e. The van der Waals surface area contributed by atoms with Gasteiger partial charge in [-0.3, -0.25) is 4.79 Å². The average molecular weight is 317 g/mol. The van der Waals surface area contributed by atoms with E-state index in [2.05, 4.69) is 17.1 Å². The lowest BCUT2D eigenvalue weighted by Crippen LogP contribution is -2.38. The van der Waals surface area contributed by atoms with Crippen molar-refractivity contribution >= 4 is 17.3 Å². The SMILES string of the molecule is CC1CCC(NC(=O)c2cc(N3CCOCC3)ccc2N)CC1. The molecule has 0 bridgehead atoms. The molecule has 1 aromatic rings. The molecule has 1 aromatic carbocycles. The number of carbonyl (C=O) groups excluding carboxylic acids is 1. The largest absolute Gasteiger partial charge is 0.398 e. The van der Waals surface area contributed by atoms with Crippen LogP contribution >= 0.6 is 0 Å². The molecule has 1 heterocycles. The van der Waals surface area contributed by atoms with Crippen molar-refractivity contribution in [1.82, 2.24) is 5.32 Å². The number of hydrogen-bond donors (Lipinski definition) is 2. The number of nitrogens with zero attached hydrogens (tertiary/aromatic N) is 1. The Bertz CT molecular complexity index is 547. The molecule has 0 spiro atoms. The van der Waals surface area contributed by atoms with Crippen LogP contribution in [0.5, 0.6) is 0 Å². The highest BCUT2D eigenvalue weighted by molar-refractivity contribution is 6.00. The lowest BCUT2D eigenvalue weighted by atomic mass is 9.87. The first kappa shape index (κ1) is 16.1. The molecule has 23 heavy (non-hydrogen) atoms. The molecular formula is C18H27N3O2. The van der Waals surface area contributed by atoms with Crippen LogP contribution in [-0.4, -0.2) is 38.3 Å². The molecule has 5 nitrogen and oxygen atoms in total. The predicted octanol–water partition coefficient (Wildman–Crippen LogP) is 2.41. The molecule has 0 radical (unpaired) electrons. The normalized spacial score (nSPS) is 25.2. The van der Waals surface area contributed by atoms with Crippen LogP contribution in [0.3, 0.4) is 0 Å². The third-order valence-corrected chi connectivity index (χ3v) is 5.01. The topological polar surface area (TPSA) is 67.6 Å². The van der Waals surface area contributed by atoms with E-state index in [1.165, 1.54) is 12.8 Å². The summed E-state index contributed by atoms with van der Waals surface area (Å²) < 4.78 is 5.39. The van der Waals surface area contributed by atoms with Crippen molar-refractivity contribution in [1.29, 1.82) is 0 Å². The van der Waals surface area contributed by atoms with Gasteiger partial charge in [0.1, 0.15) is 0 Å². The average Bonchev–Trinajstić information content (AvgIpc) is 2.58. The Hall–Kier alpha value is -1.75. The van der Waals surface area contributed by atoms with E-state index in [4.69, 9.17) is 10.5 Å². The number of ether oxygens (including phenoxy) is 1. The molecule has 2 fully saturated rings. The van der Waals surface area contributed by atoms with Gasteiger partial charge in [-0.05, 0) is 49.8 Å². The Kier molecular flexibility index (Phi) is 5.06. The highest BCUT2D eigenvalue weighted by atomic mass is 16.5. The van der Waals surface area contributed by atoms with Crippen LogP contribution in [0.25, 0.3) is 0 Å². The lowest BCUT2D eigenvalue weighted by Gasteiger charge is -2.30. The number of anilines is 2. The van der Waals surface area contributed by atoms with Gasteiger partial charge in [0.05, 0.1) is 18.8 Å². The summed E-state index contributed by atoms with van der Waals surface area (Å²) in [6.45, 7) is 5.44. The van der Waals surface area contributed by atoms with Crippen molar-refractivity contribution in [2.24, 2.45) is 5.92 Å². The van der Waals surface area contributed by atoms with Gasteiger partial charge in [0, 0.05) is 30.5 Å². The van der Waals surface area contributed by atoms with Gasteiger partial charge in [-0.15, -0.1) is 0 Å². The van der Waals surface area contributed by atoms with E-state index >= 15 is 0 Å². The fraction of sp³-hybridized carbons (Fsp3) is 0.611. The molecule has 1 amide bonds. The molecule has 1 aliphatic carbocycles. The molecular weight excluding hydrogens is 290 g/mol. The maximum Gasteiger partial charge on any atom is 0.253 e. The number of morpholine rings is 1. The van der Waals surface area contributed by atoms with E-state index in [1.54, 1.807) is 0 Å². The zero-order valence-electron chi connectivity index (χ0n) is 13.9. The maximum absolute atomic E-state index is 12.6.